The second-order valence-electron chi connectivity index (χ2n) is 6.28. The van der Waals surface area contributed by atoms with Crippen LogP contribution in [0.3, 0.4) is 0 Å². The summed E-state index contributed by atoms with van der Waals surface area (Å²) in [5, 5.41) is 3.01. The monoisotopic (exact) mass is 419 g/mol. The molecule has 0 bridgehead atoms. The summed E-state index contributed by atoms with van der Waals surface area (Å²) in [5.41, 5.74) is 2.44. The standard InChI is InChI=1S/C21H26BrNO3/c1-5-11-26-19-10-7-15(12-20(19)25-6-2)21(24)23-18-9-8-16(22)13-17(18)14(3)4/h7-10,12-14H,5-6,11H2,1-4H3,(H,23,24). The fraction of sp³-hybridized carbons (Fsp3) is 0.381. The maximum Gasteiger partial charge on any atom is 0.255 e. The van der Waals surface area contributed by atoms with Gasteiger partial charge in [0.25, 0.3) is 5.91 Å². The van der Waals surface area contributed by atoms with Crippen molar-refractivity contribution in [1.29, 1.82) is 0 Å². The highest BCUT2D eigenvalue weighted by atomic mass is 79.9. The molecule has 0 aromatic heterocycles. The molecular weight excluding hydrogens is 394 g/mol. The lowest BCUT2D eigenvalue weighted by Gasteiger charge is -2.16. The number of carbonyl (C=O) groups excluding carboxylic acids is 1. The van der Waals surface area contributed by atoms with Crippen molar-refractivity contribution in [3.8, 4) is 11.5 Å². The summed E-state index contributed by atoms with van der Waals surface area (Å²) in [5.74, 6) is 1.38. The van der Waals surface area contributed by atoms with Gasteiger partial charge in [-0.3, -0.25) is 4.79 Å². The van der Waals surface area contributed by atoms with Crippen LogP contribution in [-0.4, -0.2) is 19.1 Å². The van der Waals surface area contributed by atoms with Gasteiger partial charge in [0.15, 0.2) is 11.5 Å². The van der Waals surface area contributed by atoms with E-state index in [1.807, 2.05) is 32.0 Å². The summed E-state index contributed by atoms with van der Waals surface area (Å²) in [4.78, 5) is 12.7. The Labute approximate surface area is 164 Å². The van der Waals surface area contributed by atoms with Gasteiger partial charge >= 0.3 is 0 Å². The van der Waals surface area contributed by atoms with Gasteiger partial charge in [-0.2, -0.15) is 0 Å². The summed E-state index contributed by atoms with van der Waals surface area (Å²) in [6, 6.07) is 11.2. The first-order valence-corrected chi connectivity index (χ1v) is 9.76. The third-order valence-electron chi connectivity index (χ3n) is 3.85. The third-order valence-corrected chi connectivity index (χ3v) is 4.34. The maximum absolute atomic E-state index is 12.7. The highest BCUT2D eigenvalue weighted by Gasteiger charge is 2.14. The zero-order chi connectivity index (χ0) is 19.1. The van der Waals surface area contributed by atoms with Crippen LogP contribution < -0.4 is 14.8 Å². The fourth-order valence-corrected chi connectivity index (χ4v) is 2.95. The van der Waals surface area contributed by atoms with E-state index in [1.165, 1.54) is 0 Å². The van der Waals surface area contributed by atoms with Crippen molar-refractivity contribution >= 4 is 27.5 Å². The molecule has 0 aliphatic rings. The van der Waals surface area contributed by atoms with E-state index in [1.54, 1.807) is 18.2 Å². The topological polar surface area (TPSA) is 47.6 Å². The van der Waals surface area contributed by atoms with Crippen LogP contribution in [0.4, 0.5) is 5.69 Å². The summed E-state index contributed by atoms with van der Waals surface area (Å²) in [6.45, 7) is 9.29. The highest BCUT2D eigenvalue weighted by molar-refractivity contribution is 9.10. The molecule has 1 N–H and O–H groups in total. The summed E-state index contributed by atoms with van der Waals surface area (Å²) in [6.07, 6.45) is 0.912. The number of hydrogen-bond acceptors (Lipinski definition) is 3. The van der Waals surface area contributed by atoms with Crippen LogP contribution in [0.2, 0.25) is 0 Å². The average molecular weight is 420 g/mol. The van der Waals surface area contributed by atoms with E-state index in [0.717, 1.165) is 22.1 Å². The van der Waals surface area contributed by atoms with Crippen LogP contribution >= 0.6 is 15.9 Å². The molecule has 0 aliphatic carbocycles. The van der Waals surface area contributed by atoms with Crippen molar-refractivity contribution in [3.63, 3.8) is 0 Å². The lowest BCUT2D eigenvalue weighted by Crippen LogP contribution is -2.14. The van der Waals surface area contributed by atoms with Gasteiger partial charge < -0.3 is 14.8 Å². The first-order valence-electron chi connectivity index (χ1n) is 8.96. The molecule has 0 fully saturated rings. The number of rotatable bonds is 8. The summed E-state index contributed by atoms with van der Waals surface area (Å²) in [7, 11) is 0. The molecule has 0 heterocycles. The van der Waals surface area contributed by atoms with Gasteiger partial charge in [-0.25, -0.2) is 0 Å². The minimum Gasteiger partial charge on any atom is -0.490 e. The largest absolute Gasteiger partial charge is 0.490 e. The Bertz CT molecular complexity index is 759. The number of amides is 1. The Morgan fingerprint density at radius 3 is 2.50 bits per heavy atom. The van der Waals surface area contributed by atoms with Crippen molar-refractivity contribution in [2.45, 2.75) is 40.0 Å². The van der Waals surface area contributed by atoms with Crippen LogP contribution in [0.25, 0.3) is 0 Å². The predicted molar refractivity (Wildman–Crippen MR) is 110 cm³/mol. The van der Waals surface area contributed by atoms with E-state index in [2.05, 4.69) is 35.1 Å². The summed E-state index contributed by atoms with van der Waals surface area (Å²) < 4.78 is 12.3. The number of anilines is 1. The van der Waals surface area contributed by atoms with Gasteiger partial charge in [-0.1, -0.05) is 36.7 Å². The lowest BCUT2D eigenvalue weighted by atomic mass is 10.0. The molecule has 2 aromatic rings. The van der Waals surface area contributed by atoms with Crippen LogP contribution in [0, 0.1) is 0 Å². The molecule has 4 nitrogen and oxygen atoms in total. The van der Waals surface area contributed by atoms with Crippen LogP contribution in [-0.2, 0) is 0 Å². The molecule has 2 rings (SSSR count). The number of halogens is 1. The fourth-order valence-electron chi connectivity index (χ4n) is 2.57. The van der Waals surface area contributed by atoms with E-state index in [-0.39, 0.29) is 5.91 Å². The van der Waals surface area contributed by atoms with Crippen molar-refractivity contribution < 1.29 is 14.3 Å². The molecule has 0 aliphatic heterocycles. The van der Waals surface area contributed by atoms with E-state index in [9.17, 15) is 4.79 Å². The molecule has 2 aromatic carbocycles. The molecule has 0 radical (unpaired) electrons. The zero-order valence-corrected chi connectivity index (χ0v) is 17.4. The summed E-state index contributed by atoms with van der Waals surface area (Å²) >= 11 is 3.49. The minimum atomic E-state index is -0.169. The molecule has 0 atom stereocenters. The van der Waals surface area contributed by atoms with Crippen LogP contribution in [0.15, 0.2) is 40.9 Å². The number of nitrogens with one attached hydrogen (secondary N) is 1. The first-order chi connectivity index (χ1) is 12.5. The quantitative estimate of drug-likeness (QED) is 0.569. The average Bonchev–Trinajstić information content (AvgIpc) is 2.62. The Kier molecular flexibility index (Phi) is 7.51. The van der Waals surface area contributed by atoms with Crippen molar-refractivity contribution in [2.24, 2.45) is 0 Å². The van der Waals surface area contributed by atoms with E-state index >= 15 is 0 Å². The highest BCUT2D eigenvalue weighted by Crippen LogP contribution is 2.31. The molecule has 0 spiro atoms. The van der Waals surface area contributed by atoms with Crippen molar-refractivity contribution in [2.75, 3.05) is 18.5 Å². The van der Waals surface area contributed by atoms with E-state index < -0.39 is 0 Å². The molecule has 5 heteroatoms. The van der Waals surface area contributed by atoms with E-state index in [4.69, 9.17) is 9.47 Å². The van der Waals surface area contributed by atoms with Crippen molar-refractivity contribution in [1.82, 2.24) is 0 Å². The van der Waals surface area contributed by atoms with Crippen LogP contribution in [0.1, 0.15) is 56.0 Å². The van der Waals surface area contributed by atoms with Gasteiger partial charge in [0.05, 0.1) is 13.2 Å². The predicted octanol–water partition coefficient (Wildman–Crippen LogP) is 6.01. The Balaban J connectivity index is 2.25. The Morgan fingerprint density at radius 1 is 1.08 bits per heavy atom. The van der Waals surface area contributed by atoms with E-state index in [0.29, 0.717) is 36.2 Å². The normalized spacial score (nSPS) is 10.7. The van der Waals surface area contributed by atoms with Crippen LogP contribution in [0.5, 0.6) is 11.5 Å². The maximum atomic E-state index is 12.7. The van der Waals surface area contributed by atoms with Gasteiger partial charge in [-0.05, 0) is 61.2 Å². The smallest absolute Gasteiger partial charge is 0.255 e. The van der Waals surface area contributed by atoms with Gasteiger partial charge in [0.2, 0.25) is 0 Å². The molecule has 0 saturated carbocycles. The minimum absolute atomic E-state index is 0.169. The SMILES string of the molecule is CCCOc1ccc(C(=O)Nc2ccc(Br)cc2C(C)C)cc1OCC. The second-order valence-corrected chi connectivity index (χ2v) is 7.20. The Morgan fingerprint density at radius 2 is 1.85 bits per heavy atom. The molecule has 0 unspecified atom stereocenters. The van der Waals surface area contributed by atoms with Gasteiger partial charge in [-0.15, -0.1) is 0 Å². The molecular formula is C21H26BrNO3. The number of ether oxygens (including phenoxy) is 2. The first kappa shape index (κ1) is 20.3. The molecule has 140 valence electrons. The molecule has 0 saturated heterocycles. The number of benzene rings is 2. The molecule has 26 heavy (non-hydrogen) atoms. The lowest BCUT2D eigenvalue weighted by molar-refractivity contribution is 0.102. The molecule has 1 amide bonds. The second kappa shape index (κ2) is 9.62. The number of hydrogen-bond donors (Lipinski definition) is 1. The number of carbonyl (C=O) groups is 1. The third kappa shape index (κ3) is 5.24. The van der Waals surface area contributed by atoms with Gasteiger partial charge in [0.1, 0.15) is 0 Å². The van der Waals surface area contributed by atoms with Gasteiger partial charge in [0, 0.05) is 15.7 Å². The zero-order valence-electron chi connectivity index (χ0n) is 15.8. The van der Waals surface area contributed by atoms with Crippen molar-refractivity contribution in [3.05, 3.63) is 52.0 Å². The Hall–Kier alpha value is -2.01.